The van der Waals surface area contributed by atoms with Crippen LogP contribution in [0, 0.1) is 0 Å². The van der Waals surface area contributed by atoms with Crippen LogP contribution in [0.1, 0.15) is 40.7 Å². The molecule has 1 N–H and O–H groups in total. The van der Waals surface area contributed by atoms with E-state index in [1.165, 1.54) is 6.42 Å². The number of carbonyl (C=O) groups excluding carboxylic acids is 1. The molecule has 1 aliphatic heterocycles. The Morgan fingerprint density at radius 1 is 0.793 bits per heavy atom. The summed E-state index contributed by atoms with van der Waals surface area (Å²) in [7, 11) is 0. The molecule has 1 heterocycles. The summed E-state index contributed by atoms with van der Waals surface area (Å²) in [6.45, 7) is 1.83. The van der Waals surface area contributed by atoms with Crippen molar-refractivity contribution in [2.24, 2.45) is 0 Å². The summed E-state index contributed by atoms with van der Waals surface area (Å²) in [4.78, 5) is 14.5. The van der Waals surface area contributed by atoms with Gasteiger partial charge in [-0.25, -0.2) is 0 Å². The predicted molar refractivity (Wildman–Crippen MR) is 96.9 cm³/mol. The topological polar surface area (TPSA) is 32.3 Å². The van der Waals surface area contributed by atoms with E-state index in [4.69, 9.17) is 0 Å². The Labute approximate surface area is 163 Å². The highest BCUT2D eigenvalue weighted by atomic mass is 19.4. The maximum absolute atomic E-state index is 12.9. The Bertz CT molecular complexity index is 836. The molecule has 0 aromatic heterocycles. The van der Waals surface area contributed by atoms with Crippen LogP contribution in [-0.2, 0) is 12.4 Å². The molecule has 1 saturated heterocycles. The Hall–Kier alpha value is -2.71. The number of hydrogen-bond donors (Lipinski definition) is 1. The molecule has 0 bridgehead atoms. The second-order valence-corrected chi connectivity index (χ2v) is 6.84. The molecule has 3 rings (SSSR count). The minimum atomic E-state index is -5.01. The molecular weight excluding hydrogens is 398 g/mol. The van der Waals surface area contributed by atoms with E-state index in [0.29, 0.717) is 12.1 Å². The molecule has 3 nitrogen and oxygen atoms in total. The molecule has 2 aromatic carbocycles. The number of carbonyl (C=O) groups is 1. The molecule has 1 fully saturated rings. The Balaban J connectivity index is 1.81. The quantitative estimate of drug-likeness (QED) is 0.626. The van der Waals surface area contributed by atoms with E-state index in [2.05, 4.69) is 10.2 Å². The molecule has 9 heteroatoms. The van der Waals surface area contributed by atoms with E-state index in [1.54, 1.807) is 24.3 Å². The fourth-order valence-electron chi connectivity index (χ4n) is 3.20. The third kappa shape index (κ3) is 5.21. The maximum Gasteiger partial charge on any atom is 0.416 e. The Kier molecular flexibility index (Phi) is 5.77. The van der Waals surface area contributed by atoms with E-state index in [9.17, 15) is 31.1 Å². The second kappa shape index (κ2) is 7.96. The van der Waals surface area contributed by atoms with E-state index >= 15 is 0 Å². The molecule has 1 amide bonds. The number of benzene rings is 2. The van der Waals surface area contributed by atoms with Crippen molar-refractivity contribution in [2.75, 3.05) is 23.3 Å². The average molecular weight is 416 g/mol. The summed E-state index contributed by atoms with van der Waals surface area (Å²) < 4.78 is 77.7. The third-order valence-electron chi connectivity index (χ3n) is 4.70. The van der Waals surface area contributed by atoms with Gasteiger partial charge in [-0.15, -0.1) is 0 Å². The maximum atomic E-state index is 12.9. The average Bonchev–Trinajstić information content (AvgIpc) is 2.67. The first-order valence-corrected chi connectivity index (χ1v) is 9.00. The van der Waals surface area contributed by atoms with Gasteiger partial charge >= 0.3 is 12.4 Å². The summed E-state index contributed by atoms with van der Waals surface area (Å²) in [5.41, 5.74) is -2.55. The van der Waals surface area contributed by atoms with Crippen LogP contribution in [-0.4, -0.2) is 19.0 Å². The van der Waals surface area contributed by atoms with Crippen molar-refractivity contribution in [1.29, 1.82) is 0 Å². The molecule has 29 heavy (non-hydrogen) atoms. The van der Waals surface area contributed by atoms with Crippen LogP contribution < -0.4 is 10.2 Å². The van der Waals surface area contributed by atoms with Crippen LogP contribution >= 0.6 is 0 Å². The molecular formula is C20H18F6N2O. The van der Waals surface area contributed by atoms with Gasteiger partial charge in [0, 0.05) is 30.0 Å². The number of nitrogens with one attached hydrogen (secondary N) is 1. The van der Waals surface area contributed by atoms with Gasteiger partial charge in [-0.3, -0.25) is 4.79 Å². The van der Waals surface area contributed by atoms with E-state index in [0.717, 1.165) is 31.6 Å². The van der Waals surface area contributed by atoms with Crippen molar-refractivity contribution >= 4 is 17.3 Å². The number of amides is 1. The zero-order chi connectivity index (χ0) is 21.2. The van der Waals surface area contributed by atoms with Gasteiger partial charge in [-0.1, -0.05) is 0 Å². The molecule has 0 radical (unpaired) electrons. The molecule has 156 valence electrons. The zero-order valence-corrected chi connectivity index (χ0v) is 15.2. The van der Waals surface area contributed by atoms with Gasteiger partial charge in [0.2, 0.25) is 0 Å². The molecule has 0 atom stereocenters. The minimum Gasteiger partial charge on any atom is -0.372 e. The molecule has 2 aromatic rings. The first-order valence-electron chi connectivity index (χ1n) is 9.00. The van der Waals surface area contributed by atoms with Crippen LogP contribution in [0.15, 0.2) is 42.5 Å². The molecule has 1 aliphatic rings. The van der Waals surface area contributed by atoms with Gasteiger partial charge in [0.1, 0.15) is 0 Å². The van der Waals surface area contributed by atoms with Crippen LogP contribution in [0.2, 0.25) is 0 Å². The highest BCUT2D eigenvalue weighted by molar-refractivity contribution is 6.04. The van der Waals surface area contributed by atoms with Gasteiger partial charge in [0.15, 0.2) is 0 Å². The summed E-state index contributed by atoms with van der Waals surface area (Å²) >= 11 is 0. The predicted octanol–water partition coefficient (Wildman–Crippen LogP) is 5.97. The van der Waals surface area contributed by atoms with Crippen molar-refractivity contribution in [1.82, 2.24) is 0 Å². The van der Waals surface area contributed by atoms with Gasteiger partial charge in [0.05, 0.1) is 11.1 Å². The van der Waals surface area contributed by atoms with Crippen LogP contribution in [0.5, 0.6) is 0 Å². The highest BCUT2D eigenvalue weighted by Crippen LogP contribution is 2.36. The van der Waals surface area contributed by atoms with Gasteiger partial charge < -0.3 is 10.2 Å². The summed E-state index contributed by atoms with van der Waals surface area (Å²) in [6.07, 6.45) is -6.69. The van der Waals surface area contributed by atoms with Crippen LogP contribution in [0.3, 0.4) is 0 Å². The fraction of sp³-hybridized carbons (Fsp3) is 0.350. The second-order valence-electron chi connectivity index (χ2n) is 6.84. The lowest BCUT2D eigenvalue weighted by atomic mass is 10.0. The first-order chi connectivity index (χ1) is 13.5. The van der Waals surface area contributed by atoms with Gasteiger partial charge in [-0.2, -0.15) is 26.3 Å². The number of halogens is 6. The molecule has 0 aliphatic carbocycles. The van der Waals surface area contributed by atoms with Crippen LogP contribution in [0.4, 0.5) is 37.7 Å². The lowest BCUT2D eigenvalue weighted by Gasteiger charge is -2.28. The number of hydrogen-bond acceptors (Lipinski definition) is 2. The van der Waals surface area contributed by atoms with E-state index in [-0.39, 0.29) is 11.8 Å². The number of nitrogens with zero attached hydrogens (tertiary/aromatic N) is 1. The monoisotopic (exact) mass is 416 g/mol. The standard InChI is InChI=1S/C20H18F6N2O/c21-19(22,23)14-10-13(11-15(12-14)20(24,25)26)18(29)27-16-4-6-17(7-5-16)28-8-2-1-3-9-28/h4-7,10-12H,1-3,8-9H2,(H,27,29). The van der Waals surface area contributed by atoms with E-state index in [1.807, 2.05) is 0 Å². The lowest BCUT2D eigenvalue weighted by Crippen LogP contribution is -2.29. The van der Waals surface area contributed by atoms with Crippen molar-refractivity contribution in [3.63, 3.8) is 0 Å². The summed E-state index contributed by atoms with van der Waals surface area (Å²) in [6, 6.07) is 7.46. The molecule has 0 spiro atoms. The van der Waals surface area contributed by atoms with Crippen molar-refractivity contribution < 1.29 is 31.1 Å². The van der Waals surface area contributed by atoms with E-state index < -0.39 is 35.0 Å². The lowest BCUT2D eigenvalue weighted by molar-refractivity contribution is -0.143. The molecule has 0 saturated carbocycles. The number of piperidine rings is 1. The third-order valence-corrected chi connectivity index (χ3v) is 4.70. The zero-order valence-electron chi connectivity index (χ0n) is 15.2. The van der Waals surface area contributed by atoms with Crippen LogP contribution in [0.25, 0.3) is 0 Å². The molecule has 0 unspecified atom stereocenters. The fourth-order valence-corrected chi connectivity index (χ4v) is 3.20. The normalized spacial score (nSPS) is 15.3. The number of rotatable bonds is 3. The number of anilines is 2. The van der Waals surface area contributed by atoms with Gasteiger partial charge in [0.25, 0.3) is 5.91 Å². The SMILES string of the molecule is O=C(Nc1ccc(N2CCCCC2)cc1)c1cc(C(F)(F)F)cc(C(F)(F)F)c1. The smallest absolute Gasteiger partial charge is 0.372 e. The van der Waals surface area contributed by atoms with Crippen molar-refractivity contribution in [2.45, 2.75) is 31.6 Å². The van der Waals surface area contributed by atoms with Crippen molar-refractivity contribution in [3.8, 4) is 0 Å². The Morgan fingerprint density at radius 3 is 1.79 bits per heavy atom. The summed E-state index contributed by atoms with van der Waals surface area (Å²) in [5, 5.41) is 2.35. The Morgan fingerprint density at radius 2 is 1.31 bits per heavy atom. The largest absolute Gasteiger partial charge is 0.416 e. The minimum absolute atomic E-state index is 0.00973. The van der Waals surface area contributed by atoms with Gasteiger partial charge in [-0.05, 0) is 61.7 Å². The van der Waals surface area contributed by atoms with Crippen molar-refractivity contribution in [3.05, 3.63) is 59.2 Å². The summed E-state index contributed by atoms with van der Waals surface area (Å²) in [5.74, 6) is -1.05. The first kappa shape index (κ1) is 21.0. The highest BCUT2D eigenvalue weighted by Gasteiger charge is 2.37. The number of alkyl halides is 6.